The second-order valence-electron chi connectivity index (χ2n) is 9.19. The van der Waals surface area contributed by atoms with Crippen molar-refractivity contribution in [2.24, 2.45) is 0 Å². The first-order chi connectivity index (χ1) is 17.8. The van der Waals surface area contributed by atoms with Crippen LogP contribution >= 0.6 is 0 Å². The number of carbonyl (C=O) groups excluding carboxylic acids is 1. The largest absolute Gasteiger partial charge is 0.476 e. The van der Waals surface area contributed by atoms with Crippen LogP contribution in [0.5, 0.6) is 5.75 Å². The molecule has 2 atom stereocenters. The second kappa shape index (κ2) is 10.1. The summed E-state index contributed by atoms with van der Waals surface area (Å²) in [4.78, 5) is 13.8. The fourth-order valence-electron chi connectivity index (χ4n) is 4.40. The monoisotopic (exact) mass is 512 g/mol. The summed E-state index contributed by atoms with van der Waals surface area (Å²) < 4.78 is 34.6. The molecule has 188 valence electrons. The fourth-order valence-corrected chi connectivity index (χ4v) is 5.88. The summed E-state index contributed by atoms with van der Waals surface area (Å²) in [6.45, 7) is 3.77. The highest BCUT2D eigenvalue weighted by atomic mass is 32.2. The van der Waals surface area contributed by atoms with Gasteiger partial charge in [-0.1, -0.05) is 90.0 Å². The molecule has 4 aromatic carbocycles. The van der Waals surface area contributed by atoms with Gasteiger partial charge in [-0.05, 0) is 49.2 Å². The maximum absolute atomic E-state index is 13.7. The zero-order chi connectivity index (χ0) is 26.0. The number of ether oxygens (including phenoxy) is 1. The van der Waals surface area contributed by atoms with Crippen molar-refractivity contribution >= 4 is 21.6 Å². The molecule has 5 rings (SSSR count). The molecule has 1 heterocycles. The van der Waals surface area contributed by atoms with E-state index in [1.165, 1.54) is 4.31 Å². The predicted octanol–water partition coefficient (Wildman–Crippen LogP) is 5.17. The lowest BCUT2D eigenvalue weighted by Crippen LogP contribution is -2.51. The average Bonchev–Trinajstić information content (AvgIpc) is 2.92. The van der Waals surface area contributed by atoms with Gasteiger partial charge in [-0.15, -0.1) is 0 Å². The van der Waals surface area contributed by atoms with Gasteiger partial charge in [-0.3, -0.25) is 9.10 Å². The van der Waals surface area contributed by atoms with Crippen LogP contribution < -0.4 is 14.4 Å². The lowest BCUT2D eigenvalue weighted by atomic mass is 9.97. The zero-order valence-electron chi connectivity index (χ0n) is 20.7. The topological polar surface area (TPSA) is 75.7 Å². The molecule has 4 aromatic rings. The number of hydrogen-bond donors (Lipinski definition) is 1. The summed E-state index contributed by atoms with van der Waals surface area (Å²) in [5, 5.41) is 3.10. The number of rotatable bonds is 6. The van der Waals surface area contributed by atoms with Crippen LogP contribution in [0.15, 0.2) is 108 Å². The van der Waals surface area contributed by atoms with Crippen molar-refractivity contribution in [1.82, 2.24) is 5.32 Å². The molecule has 1 aliphatic rings. The van der Waals surface area contributed by atoms with E-state index in [9.17, 15) is 13.2 Å². The van der Waals surface area contributed by atoms with E-state index in [-0.39, 0.29) is 11.4 Å². The Labute approximate surface area is 217 Å². The van der Waals surface area contributed by atoms with Gasteiger partial charge in [0.05, 0.1) is 23.2 Å². The van der Waals surface area contributed by atoms with Gasteiger partial charge in [0.15, 0.2) is 6.10 Å². The number of nitrogens with one attached hydrogen (secondary N) is 1. The van der Waals surface area contributed by atoms with E-state index in [0.29, 0.717) is 11.4 Å². The Morgan fingerprint density at radius 2 is 1.38 bits per heavy atom. The van der Waals surface area contributed by atoms with Crippen molar-refractivity contribution in [3.05, 3.63) is 125 Å². The van der Waals surface area contributed by atoms with Crippen molar-refractivity contribution in [3.63, 3.8) is 0 Å². The van der Waals surface area contributed by atoms with Crippen LogP contribution in [0.25, 0.3) is 0 Å². The normalized spacial score (nSPS) is 15.8. The number of nitrogens with zero attached hydrogens (tertiary/aromatic N) is 1. The molecule has 1 aliphatic heterocycles. The molecule has 0 saturated heterocycles. The van der Waals surface area contributed by atoms with Gasteiger partial charge in [0.2, 0.25) is 0 Å². The van der Waals surface area contributed by atoms with Crippen LogP contribution in [0.1, 0.15) is 28.3 Å². The van der Waals surface area contributed by atoms with E-state index in [0.717, 1.165) is 22.3 Å². The summed E-state index contributed by atoms with van der Waals surface area (Å²) in [6.07, 6.45) is -1.04. The number of hydrogen-bond acceptors (Lipinski definition) is 4. The molecule has 37 heavy (non-hydrogen) atoms. The molecule has 1 amide bonds. The number of amides is 1. The summed E-state index contributed by atoms with van der Waals surface area (Å²) in [5.41, 5.74) is 4.32. The lowest BCUT2D eigenvalue weighted by molar-refractivity contribution is -0.128. The van der Waals surface area contributed by atoms with Gasteiger partial charge in [-0.25, -0.2) is 8.42 Å². The first kappa shape index (κ1) is 24.6. The van der Waals surface area contributed by atoms with Gasteiger partial charge < -0.3 is 10.1 Å². The lowest BCUT2D eigenvalue weighted by Gasteiger charge is -2.35. The number of sulfonamides is 1. The van der Waals surface area contributed by atoms with E-state index in [1.54, 1.807) is 48.5 Å². The van der Waals surface area contributed by atoms with E-state index in [1.807, 2.05) is 68.4 Å². The molecule has 0 fully saturated rings. The quantitative estimate of drug-likeness (QED) is 0.387. The fraction of sp³-hybridized carbons (Fsp3) is 0.167. The number of fused-ring (bicyclic) bond motifs is 1. The maximum Gasteiger partial charge on any atom is 0.264 e. The van der Waals surface area contributed by atoms with E-state index in [2.05, 4.69) is 5.32 Å². The summed E-state index contributed by atoms with van der Waals surface area (Å²) >= 11 is 0. The van der Waals surface area contributed by atoms with Crippen LogP contribution in [0, 0.1) is 13.8 Å². The minimum Gasteiger partial charge on any atom is -0.476 e. The molecule has 0 spiro atoms. The molecule has 6 nitrogen and oxygen atoms in total. The van der Waals surface area contributed by atoms with E-state index in [4.69, 9.17) is 4.74 Å². The van der Waals surface area contributed by atoms with Gasteiger partial charge in [0, 0.05) is 0 Å². The smallest absolute Gasteiger partial charge is 0.264 e. The SMILES string of the molecule is Cc1ccc([C@H](NC(=O)[C@@H]2CN(S(=O)(=O)c3ccc(C)cc3)c3ccccc3O2)c2ccccc2)cc1. The first-order valence-corrected chi connectivity index (χ1v) is 13.5. The van der Waals surface area contributed by atoms with Crippen molar-refractivity contribution in [2.75, 3.05) is 10.8 Å². The summed E-state index contributed by atoms with van der Waals surface area (Å²) in [7, 11) is -3.92. The Bertz CT molecular complexity index is 1500. The number of carbonyl (C=O) groups is 1. The molecule has 7 heteroatoms. The minimum atomic E-state index is -3.92. The van der Waals surface area contributed by atoms with Gasteiger partial charge in [0.1, 0.15) is 5.75 Å². The third-order valence-corrected chi connectivity index (χ3v) is 8.26. The molecular weight excluding hydrogens is 484 g/mol. The van der Waals surface area contributed by atoms with Gasteiger partial charge >= 0.3 is 0 Å². The molecule has 0 saturated carbocycles. The molecule has 0 aromatic heterocycles. The maximum atomic E-state index is 13.7. The Morgan fingerprint density at radius 3 is 2.05 bits per heavy atom. The van der Waals surface area contributed by atoms with Crippen LogP contribution in [0.3, 0.4) is 0 Å². The third kappa shape index (κ3) is 5.08. The molecule has 0 aliphatic carbocycles. The van der Waals surface area contributed by atoms with Gasteiger partial charge in [0.25, 0.3) is 15.9 Å². The Balaban J connectivity index is 1.47. The van der Waals surface area contributed by atoms with Crippen LogP contribution in [-0.2, 0) is 14.8 Å². The first-order valence-electron chi connectivity index (χ1n) is 12.1. The van der Waals surface area contributed by atoms with Crippen LogP contribution in [0.2, 0.25) is 0 Å². The second-order valence-corrected chi connectivity index (χ2v) is 11.0. The Kier molecular flexibility index (Phi) is 6.72. The van der Waals surface area contributed by atoms with Gasteiger partial charge in [-0.2, -0.15) is 0 Å². The predicted molar refractivity (Wildman–Crippen MR) is 144 cm³/mol. The highest BCUT2D eigenvalue weighted by Crippen LogP contribution is 2.37. The molecule has 1 N–H and O–H groups in total. The summed E-state index contributed by atoms with van der Waals surface area (Å²) in [6, 6.07) is 30.8. The van der Waals surface area contributed by atoms with Crippen molar-refractivity contribution in [1.29, 1.82) is 0 Å². The highest BCUT2D eigenvalue weighted by Gasteiger charge is 2.38. The minimum absolute atomic E-state index is 0.144. The number of anilines is 1. The standard InChI is InChI=1S/C30H28N2O4S/c1-21-12-16-24(17-13-21)29(23-8-4-3-5-9-23)31-30(33)28-20-32(26-10-6-7-11-27(26)36-28)37(34,35)25-18-14-22(2)15-19-25/h3-19,28-29H,20H2,1-2H3,(H,31,33)/t28-,29+/m0/s1. The average molecular weight is 513 g/mol. The number of benzene rings is 4. The zero-order valence-corrected chi connectivity index (χ0v) is 21.5. The van der Waals surface area contributed by atoms with Crippen molar-refractivity contribution < 1.29 is 17.9 Å². The van der Waals surface area contributed by atoms with Crippen molar-refractivity contribution in [2.45, 2.75) is 30.9 Å². The molecule has 0 bridgehead atoms. The third-order valence-electron chi connectivity index (χ3n) is 6.47. The molecule has 0 radical (unpaired) electrons. The van der Waals surface area contributed by atoms with Crippen molar-refractivity contribution in [3.8, 4) is 5.75 Å². The van der Waals surface area contributed by atoms with Crippen LogP contribution in [0.4, 0.5) is 5.69 Å². The number of para-hydroxylation sites is 2. The van der Waals surface area contributed by atoms with Crippen LogP contribution in [-0.4, -0.2) is 27.0 Å². The Hall–Kier alpha value is -4.10. The van der Waals surface area contributed by atoms with E-state index < -0.39 is 28.1 Å². The Morgan fingerprint density at radius 1 is 0.811 bits per heavy atom. The molecule has 0 unspecified atom stereocenters. The highest BCUT2D eigenvalue weighted by molar-refractivity contribution is 7.92. The molecular formula is C30H28N2O4S. The van der Waals surface area contributed by atoms with E-state index >= 15 is 0 Å². The number of aryl methyl sites for hydroxylation is 2. The summed E-state index contributed by atoms with van der Waals surface area (Å²) in [5.74, 6) is -0.0516.